The smallest absolute Gasteiger partial charge is 0.408 e. The van der Waals surface area contributed by atoms with Gasteiger partial charge in [0.15, 0.2) is 0 Å². The molecule has 1 aliphatic heterocycles. The molecule has 8 nitrogen and oxygen atoms in total. The minimum absolute atomic E-state index is 0.231. The van der Waals surface area contributed by atoms with Crippen molar-refractivity contribution in [1.82, 2.24) is 20.6 Å². The molecule has 1 aliphatic rings. The van der Waals surface area contributed by atoms with E-state index < -0.39 is 30.2 Å². The average Bonchev–Trinajstić information content (AvgIpc) is 2.98. The lowest BCUT2D eigenvalue weighted by Gasteiger charge is -2.16. The predicted octanol–water partition coefficient (Wildman–Crippen LogP) is -0.956. The quantitative estimate of drug-likeness (QED) is 0.635. The number of carbonyl (C=O) groups excluding carboxylic acids is 3. The predicted molar refractivity (Wildman–Crippen MR) is 62.8 cm³/mol. The molecule has 0 aromatic carbocycles. The van der Waals surface area contributed by atoms with Crippen molar-refractivity contribution in [3.05, 3.63) is 18.2 Å². The zero-order chi connectivity index (χ0) is 13.8. The van der Waals surface area contributed by atoms with Crippen LogP contribution in [-0.2, 0) is 20.7 Å². The second-order valence-electron chi connectivity index (χ2n) is 4.18. The molecule has 1 aromatic heterocycles. The first-order chi connectivity index (χ1) is 9.10. The number of ether oxygens (including phenoxy) is 1. The lowest BCUT2D eigenvalue weighted by molar-refractivity contribution is -0.124. The number of rotatable bonds is 5. The SMILES string of the molecule is C[C@H]1OC(=O)N[C@@H]1C(=O)N[C@H]([C]=O)Cc1c[nH]cn1. The van der Waals surface area contributed by atoms with E-state index in [2.05, 4.69) is 20.6 Å². The summed E-state index contributed by atoms with van der Waals surface area (Å²) in [6.07, 6.45) is 3.84. The van der Waals surface area contributed by atoms with Crippen molar-refractivity contribution in [2.75, 3.05) is 0 Å². The third-order valence-corrected chi connectivity index (χ3v) is 2.75. The van der Waals surface area contributed by atoms with Gasteiger partial charge in [-0.25, -0.2) is 9.78 Å². The molecule has 0 saturated carbocycles. The highest BCUT2D eigenvalue weighted by Gasteiger charge is 2.36. The molecular weight excluding hydrogens is 252 g/mol. The average molecular weight is 265 g/mol. The number of H-pyrrole nitrogens is 1. The minimum Gasteiger partial charge on any atom is -0.444 e. The van der Waals surface area contributed by atoms with Crippen molar-refractivity contribution in [3.63, 3.8) is 0 Å². The van der Waals surface area contributed by atoms with Crippen LogP contribution in [0.4, 0.5) is 4.79 Å². The monoisotopic (exact) mass is 265 g/mol. The number of amides is 2. The summed E-state index contributed by atoms with van der Waals surface area (Å²) in [5.74, 6) is -0.484. The van der Waals surface area contributed by atoms with Gasteiger partial charge in [-0.2, -0.15) is 0 Å². The highest BCUT2D eigenvalue weighted by molar-refractivity contribution is 5.90. The van der Waals surface area contributed by atoms with Crippen LogP contribution < -0.4 is 10.6 Å². The summed E-state index contributed by atoms with van der Waals surface area (Å²) >= 11 is 0. The van der Waals surface area contributed by atoms with E-state index in [0.717, 1.165) is 0 Å². The molecule has 3 N–H and O–H groups in total. The van der Waals surface area contributed by atoms with Crippen LogP contribution in [0, 0.1) is 0 Å². The number of imidazole rings is 1. The van der Waals surface area contributed by atoms with Gasteiger partial charge < -0.3 is 20.4 Å². The van der Waals surface area contributed by atoms with Gasteiger partial charge in [-0.3, -0.25) is 9.59 Å². The van der Waals surface area contributed by atoms with Gasteiger partial charge in [0.1, 0.15) is 18.2 Å². The fourth-order valence-electron chi connectivity index (χ4n) is 1.79. The van der Waals surface area contributed by atoms with Crippen LogP contribution in [0.25, 0.3) is 0 Å². The number of cyclic esters (lactones) is 1. The molecule has 0 unspecified atom stereocenters. The van der Waals surface area contributed by atoms with E-state index in [1.54, 1.807) is 19.4 Å². The molecule has 19 heavy (non-hydrogen) atoms. The highest BCUT2D eigenvalue weighted by Crippen LogP contribution is 2.08. The zero-order valence-electron chi connectivity index (χ0n) is 10.2. The molecule has 1 aromatic rings. The molecule has 2 amide bonds. The Morgan fingerprint density at radius 3 is 3.00 bits per heavy atom. The Morgan fingerprint density at radius 1 is 1.68 bits per heavy atom. The van der Waals surface area contributed by atoms with Gasteiger partial charge in [0, 0.05) is 12.6 Å². The lowest BCUT2D eigenvalue weighted by Crippen LogP contribution is -2.50. The Labute approximate surface area is 108 Å². The van der Waals surface area contributed by atoms with Crippen molar-refractivity contribution in [1.29, 1.82) is 0 Å². The van der Waals surface area contributed by atoms with Crippen LogP contribution in [0.2, 0.25) is 0 Å². The first kappa shape index (κ1) is 13.1. The number of aromatic nitrogens is 2. The van der Waals surface area contributed by atoms with Crippen molar-refractivity contribution in [2.45, 2.75) is 31.5 Å². The standard InChI is InChI=1S/C11H13N4O4/c1-6-9(15-11(18)19-6)10(17)14-8(4-16)2-7-3-12-5-13-7/h3,5-6,8-9H,2H2,1H3,(H,12,13)(H,14,17)(H,15,18)/t6-,8+,9+/m1/s1. The lowest BCUT2D eigenvalue weighted by atomic mass is 10.1. The number of hydrogen-bond donors (Lipinski definition) is 3. The molecule has 101 valence electrons. The van der Waals surface area contributed by atoms with E-state index in [-0.39, 0.29) is 6.42 Å². The Morgan fingerprint density at radius 2 is 2.47 bits per heavy atom. The van der Waals surface area contributed by atoms with Crippen LogP contribution in [0.3, 0.4) is 0 Å². The molecule has 3 atom stereocenters. The number of alkyl carbamates (subject to hydrolysis) is 1. The van der Waals surface area contributed by atoms with Crippen molar-refractivity contribution in [3.8, 4) is 0 Å². The second-order valence-corrected chi connectivity index (χ2v) is 4.18. The number of aromatic amines is 1. The highest BCUT2D eigenvalue weighted by atomic mass is 16.6. The molecule has 1 saturated heterocycles. The van der Waals surface area contributed by atoms with E-state index in [4.69, 9.17) is 4.74 Å². The summed E-state index contributed by atoms with van der Waals surface area (Å²) < 4.78 is 4.79. The third kappa shape index (κ3) is 3.09. The molecule has 1 radical (unpaired) electrons. The molecular formula is C11H13N4O4. The molecule has 0 spiro atoms. The summed E-state index contributed by atoms with van der Waals surface area (Å²) in [4.78, 5) is 40.4. The van der Waals surface area contributed by atoms with Crippen LogP contribution in [0.1, 0.15) is 12.6 Å². The first-order valence-electron chi connectivity index (χ1n) is 5.73. The maximum absolute atomic E-state index is 11.9. The Balaban J connectivity index is 1.93. The number of carbonyl (C=O) groups is 2. The van der Waals surface area contributed by atoms with E-state index in [1.165, 1.54) is 6.33 Å². The summed E-state index contributed by atoms with van der Waals surface area (Å²) in [5.41, 5.74) is 0.633. The van der Waals surface area contributed by atoms with Crippen molar-refractivity contribution in [2.24, 2.45) is 0 Å². The van der Waals surface area contributed by atoms with Gasteiger partial charge in [0.05, 0.1) is 12.0 Å². The summed E-state index contributed by atoms with van der Waals surface area (Å²) in [6.45, 7) is 1.59. The largest absolute Gasteiger partial charge is 0.444 e. The summed E-state index contributed by atoms with van der Waals surface area (Å²) in [5, 5.41) is 4.85. The van der Waals surface area contributed by atoms with Gasteiger partial charge in [-0.1, -0.05) is 0 Å². The van der Waals surface area contributed by atoms with Crippen LogP contribution in [-0.4, -0.2) is 46.4 Å². The molecule has 2 rings (SSSR count). The van der Waals surface area contributed by atoms with Gasteiger partial charge >= 0.3 is 6.09 Å². The van der Waals surface area contributed by atoms with Crippen molar-refractivity contribution < 1.29 is 19.1 Å². The molecule has 1 fully saturated rings. The number of hydrogen-bond acceptors (Lipinski definition) is 5. The molecule has 0 bridgehead atoms. The summed E-state index contributed by atoms with van der Waals surface area (Å²) in [7, 11) is 0. The van der Waals surface area contributed by atoms with E-state index in [0.29, 0.717) is 5.69 Å². The molecule has 0 aliphatic carbocycles. The second kappa shape index (κ2) is 5.51. The maximum Gasteiger partial charge on any atom is 0.408 e. The number of nitrogens with one attached hydrogen (secondary N) is 3. The summed E-state index contributed by atoms with van der Waals surface area (Å²) in [6, 6.07) is -1.62. The van der Waals surface area contributed by atoms with Crippen LogP contribution in [0.5, 0.6) is 0 Å². The number of nitrogens with zero attached hydrogens (tertiary/aromatic N) is 1. The van der Waals surface area contributed by atoms with Crippen molar-refractivity contribution >= 4 is 18.3 Å². The molecule has 2 heterocycles. The Bertz CT molecular complexity index is 473. The topological polar surface area (TPSA) is 113 Å². The maximum atomic E-state index is 11.9. The zero-order valence-corrected chi connectivity index (χ0v) is 10.2. The van der Waals surface area contributed by atoms with E-state index in [9.17, 15) is 14.4 Å². The van der Waals surface area contributed by atoms with Gasteiger partial charge in [0.25, 0.3) is 0 Å². The van der Waals surface area contributed by atoms with Gasteiger partial charge in [-0.05, 0) is 6.92 Å². The first-order valence-corrected chi connectivity index (χ1v) is 5.73. The third-order valence-electron chi connectivity index (χ3n) is 2.75. The molecule has 8 heteroatoms. The van der Waals surface area contributed by atoms with Gasteiger partial charge in [0.2, 0.25) is 12.2 Å². The fraction of sp³-hybridized carbons (Fsp3) is 0.455. The van der Waals surface area contributed by atoms with E-state index >= 15 is 0 Å². The van der Waals surface area contributed by atoms with Gasteiger partial charge in [-0.15, -0.1) is 0 Å². The van der Waals surface area contributed by atoms with E-state index in [1.807, 2.05) is 0 Å². The fourth-order valence-corrected chi connectivity index (χ4v) is 1.79. The minimum atomic E-state index is -0.819. The van der Waals surface area contributed by atoms with Crippen LogP contribution >= 0.6 is 0 Å². The Kier molecular flexibility index (Phi) is 3.79. The Hall–Kier alpha value is -2.38. The normalized spacial score (nSPS) is 23.3. The van der Waals surface area contributed by atoms with Crippen LogP contribution in [0.15, 0.2) is 12.5 Å².